The van der Waals surface area contributed by atoms with Crippen LogP contribution in [0.5, 0.6) is 28.7 Å². The van der Waals surface area contributed by atoms with Crippen LogP contribution < -0.4 is 29.0 Å². The summed E-state index contributed by atoms with van der Waals surface area (Å²) >= 11 is 0. The summed E-state index contributed by atoms with van der Waals surface area (Å²) in [5.74, 6) is 3.29. The van der Waals surface area contributed by atoms with Crippen molar-refractivity contribution in [2.45, 2.75) is 25.5 Å². The summed E-state index contributed by atoms with van der Waals surface area (Å²) in [5.41, 5.74) is 3.01. The SMILES string of the molecule is COc1ccccc1CNCC1=NO[C@@H](Cc2cc(OC)c3c(c2OC)OCO3)C1. The molecule has 0 saturated carbocycles. The highest BCUT2D eigenvalue weighted by molar-refractivity contribution is 5.87. The molecule has 0 unspecified atom stereocenters. The maximum absolute atomic E-state index is 5.66. The normalized spacial score (nSPS) is 16.8. The van der Waals surface area contributed by atoms with Gasteiger partial charge in [-0.2, -0.15) is 0 Å². The number of hydrogen-bond acceptors (Lipinski definition) is 8. The molecule has 0 bridgehead atoms. The van der Waals surface area contributed by atoms with Crippen LogP contribution in [0.4, 0.5) is 0 Å². The van der Waals surface area contributed by atoms with Gasteiger partial charge in [-0.15, -0.1) is 0 Å². The van der Waals surface area contributed by atoms with Crippen molar-refractivity contribution in [1.82, 2.24) is 5.32 Å². The molecule has 2 aliphatic heterocycles. The second-order valence-corrected chi connectivity index (χ2v) is 7.04. The average Bonchev–Trinajstić information content (AvgIpc) is 3.43. The van der Waals surface area contributed by atoms with Crippen LogP contribution in [0.25, 0.3) is 0 Å². The summed E-state index contributed by atoms with van der Waals surface area (Å²) in [5, 5.41) is 7.66. The Kier molecular flexibility index (Phi) is 6.13. The number of para-hydroxylation sites is 1. The number of oxime groups is 1. The number of rotatable bonds is 9. The minimum absolute atomic E-state index is 0.0768. The molecule has 1 N–H and O–H groups in total. The molecule has 0 fully saturated rings. The van der Waals surface area contributed by atoms with E-state index in [1.165, 1.54) is 0 Å². The first-order chi connectivity index (χ1) is 14.7. The van der Waals surface area contributed by atoms with Crippen molar-refractivity contribution in [1.29, 1.82) is 0 Å². The Labute approximate surface area is 175 Å². The minimum atomic E-state index is -0.0768. The molecule has 8 nitrogen and oxygen atoms in total. The van der Waals surface area contributed by atoms with E-state index in [0.717, 1.165) is 29.0 Å². The molecule has 160 valence electrons. The Balaban J connectivity index is 1.35. The Hall–Kier alpha value is -3.13. The zero-order chi connectivity index (χ0) is 20.9. The van der Waals surface area contributed by atoms with E-state index in [1.807, 2.05) is 30.3 Å². The lowest BCUT2D eigenvalue weighted by Crippen LogP contribution is -2.23. The molecular formula is C22H26N2O6. The van der Waals surface area contributed by atoms with Crippen LogP contribution in [0.2, 0.25) is 0 Å². The number of ether oxygens (including phenoxy) is 5. The predicted octanol–water partition coefficient (Wildman–Crippen LogP) is 2.92. The molecule has 0 radical (unpaired) electrons. The zero-order valence-electron chi connectivity index (χ0n) is 17.4. The van der Waals surface area contributed by atoms with Crippen LogP contribution in [0.1, 0.15) is 17.5 Å². The fraction of sp³-hybridized carbons (Fsp3) is 0.409. The lowest BCUT2D eigenvalue weighted by molar-refractivity contribution is 0.0853. The molecule has 2 aliphatic rings. The van der Waals surface area contributed by atoms with E-state index in [-0.39, 0.29) is 12.9 Å². The fourth-order valence-corrected chi connectivity index (χ4v) is 3.73. The first-order valence-electron chi connectivity index (χ1n) is 9.81. The quantitative estimate of drug-likeness (QED) is 0.676. The van der Waals surface area contributed by atoms with Gasteiger partial charge in [-0.05, 0) is 12.1 Å². The van der Waals surface area contributed by atoms with Crippen LogP contribution in [0.15, 0.2) is 35.5 Å². The van der Waals surface area contributed by atoms with E-state index in [4.69, 9.17) is 28.5 Å². The van der Waals surface area contributed by atoms with E-state index in [9.17, 15) is 0 Å². The Morgan fingerprint density at radius 3 is 2.57 bits per heavy atom. The summed E-state index contributed by atoms with van der Waals surface area (Å²) in [6.45, 7) is 1.49. The predicted molar refractivity (Wildman–Crippen MR) is 111 cm³/mol. The van der Waals surface area contributed by atoms with E-state index >= 15 is 0 Å². The summed E-state index contributed by atoms with van der Waals surface area (Å²) in [6.07, 6.45) is 1.28. The summed E-state index contributed by atoms with van der Waals surface area (Å²) in [4.78, 5) is 5.66. The highest BCUT2D eigenvalue weighted by Gasteiger charge is 2.30. The third-order valence-electron chi connectivity index (χ3n) is 5.14. The van der Waals surface area contributed by atoms with Crippen molar-refractivity contribution >= 4 is 5.71 Å². The maximum atomic E-state index is 5.66. The van der Waals surface area contributed by atoms with Crippen LogP contribution in [0, 0.1) is 0 Å². The van der Waals surface area contributed by atoms with E-state index in [1.54, 1.807) is 21.3 Å². The standard InChI is InChI=1S/C22H26N2O6/c1-25-18-7-5-4-6-14(18)11-23-12-16-10-17(30-24-16)8-15-9-19(26-2)21-22(20(15)27-3)29-13-28-21/h4-7,9,17,23H,8,10-13H2,1-3H3/t17-/m0/s1. The van der Waals surface area contributed by atoms with Gasteiger partial charge < -0.3 is 33.8 Å². The average molecular weight is 414 g/mol. The van der Waals surface area contributed by atoms with Gasteiger partial charge in [0.05, 0.1) is 27.0 Å². The van der Waals surface area contributed by atoms with Crippen LogP contribution in [-0.4, -0.2) is 46.5 Å². The van der Waals surface area contributed by atoms with E-state index < -0.39 is 0 Å². The number of nitrogens with one attached hydrogen (secondary N) is 1. The fourth-order valence-electron chi connectivity index (χ4n) is 3.73. The smallest absolute Gasteiger partial charge is 0.231 e. The molecule has 2 aromatic rings. The summed E-state index contributed by atoms with van der Waals surface area (Å²) < 4.78 is 27.5. The third kappa shape index (κ3) is 4.09. The van der Waals surface area contributed by atoms with Crippen molar-refractivity contribution in [3.63, 3.8) is 0 Å². The number of methoxy groups -OCH3 is 3. The Morgan fingerprint density at radius 1 is 0.967 bits per heavy atom. The number of benzene rings is 2. The van der Waals surface area contributed by atoms with Crippen molar-refractivity contribution in [2.75, 3.05) is 34.7 Å². The van der Waals surface area contributed by atoms with Gasteiger partial charge in [-0.3, -0.25) is 0 Å². The molecule has 8 heteroatoms. The second-order valence-electron chi connectivity index (χ2n) is 7.04. The molecule has 0 aliphatic carbocycles. The van der Waals surface area contributed by atoms with Gasteiger partial charge >= 0.3 is 0 Å². The molecule has 0 amide bonds. The minimum Gasteiger partial charge on any atom is -0.496 e. The summed E-state index contributed by atoms with van der Waals surface area (Å²) in [7, 11) is 4.90. The van der Waals surface area contributed by atoms with Crippen molar-refractivity contribution < 1.29 is 28.5 Å². The Morgan fingerprint density at radius 2 is 1.77 bits per heavy atom. The monoisotopic (exact) mass is 414 g/mol. The molecule has 1 atom stereocenters. The Bertz CT molecular complexity index is 930. The van der Waals surface area contributed by atoms with Gasteiger partial charge in [-0.1, -0.05) is 23.4 Å². The second kappa shape index (κ2) is 9.13. The van der Waals surface area contributed by atoms with Gasteiger partial charge in [0, 0.05) is 37.1 Å². The first kappa shape index (κ1) is 20.2. The number of fused-ring (bicyclic) bond motifs is 1. The molecule has 2 aromatic carbocycles. The molecule has 0 saturated heterocycles. The molecule has 0 aromatic heterocycles. The zero-order valence-corrected chi connectivity index (χ0v) is 17.4. The molecule has 2 heterocycles. The van der Waals surface area contributed by atoms with E-state index in [0.29, 0.717) is 42.5 Å². The van der Waals surface area contributed by atoms with Gasteiger partial charge in [0.1, 0.15) is 11.9 Å². The van der Waals surface area contributed by atoms with Gasteiger partial charge in [-0.25, -0.2) is 0 Å². The molecule has 30 heavy (non-hydrogen) atoms. The van der Waals surface area contributed by atoms with Gasteiger partial charge in [0.2, 0.25) is 18.3 Å². The van der Waals surface area contributed by atoms with Crippen LogP contribution in [0.3, 0.4) is 0 Å². The van der Waals surface area contributed by atoms with Crippen molar-refractivity contribution in [2.24, 2.45) is 5.16 Å². The first-order valence-corrected chi connectivity index (χ1v) is 9.81. The third-order valence-corrected chi connectivity index (χ3v) is 5.14. The number of nitrogens with zero attached hydrogens (tertiary/aromatic N) is 1. The molecule has 4 rings (SSSR count). The van der Waals surface area contributed by atoms with Crippen molar-refractivity contribution in [3.8, 4) is 28.7 Å². The molecular weight excluding hydrogens is 388 g/mol. The lowest BCUT2D eigenvalue weighted by atomic mass is 10.0. The highest BCUT2D eigenvalue weighted by atomic mass is 16.7. The summed E-state index contributed by atoms with van der Waals surface area (Å²) in [6, 6.07) is 9.87. The largest absolute Gasteiger partial charge is 0.496 e. The highest BCUT2D eigenvalue weighted by Crippen LogP contribution is 2.49. The number of hydrogen-bond donors (Lipinski definition) is 1. The van der Waals surface area contributed by atoms with Crippen LogP contribution >= 0.6 is 0 Å². The van der Waals surface area contributed by atoms with Gasteiger partial charge in [0.15, 0.2) is 11.5 Å². The maximum Gasteiger partial charge on any atom is 0.231 e. The van der Waals surface area contributed by atoms with Crippen molar-refractivity contribution in [3.05, 3.63) is 41.5 Å². The topological polar surface area (TPSA) is 79.8 Å². The van der Waals surface area contributed by atoms with E-state index in [2.05, 4.69) is 10.5 Å². The molecule has 0 spiro atoms. The van der Waals surface area contributed by atoms with Crippen LogP contribution in [-0.2, 0) is 17.8 Å². The van der Waals surface area contributed by atoms with Gasteiger partial charge in [0.25, 0.3) is 0 Å². The lowest BCUT2D eigenvalue weighted by Gasteiger charge is -2.16.